The molecule has 1 N–H and O–H groups in total. The molecule has 8 heteroatoms. The van der Waals surface area contributed by atoms with Crippen LogP contribution in [0.25, 0.3) is 0 Å². The summed E-state index contributed by atoms with van der Waals surface area (Å²) in [7, 11) is -0.969. The Hall–Kier alpha value is -2.58. The predicted octanol–water partition coefficient (Wildman–Crippen LogP) is 2.73. The first kappa shape index (κ1) is 20.7. The van der Waals surface area contributed by atoms with Crippen molar-refractivity contribution in [3.63, 3.8) is 0 Å². The molecule has 0 bridgehead atoms. The van der Waals surface area contributed by atoms with Crippen LogP contribution < -0.4 is 14.4 Å². The number of anilines is 2. The van der Waals surface area contributed by atoms with Gasteiger partial charge < -0.3 is 10.1 Å². The van der Waals surface area contributed by atoms with Gasteiger partial charge in [0.2, 0.25) is 5.91 Å². The number of ether oxygens (including phenoxy) is 1. The first-order valence-corrected chi connectivity index (χ1v) is 9.91. The fourth-order valence-electron chi connectivity index (χ4n) is 2.35. The summed E-state index contributed by atoms with van der Waals surface area (Å²) < 4.78 is 33.0. The van der Waals surface area contributed by atoms with Crippen molar-refractivity contribution in [3.8, 4) is 5.75 Å². The molecule has 27 heavy (non-hydrogen) atoms. The van der Waals surface area contributed by atoms with E-state index in [2.05, 4.69) is 5.32 Å². The van der Waals surface area contributed by atoms with E-state index in [4.69, 9.17) is 4.74 Å². The standard InChI is InChI=1S/C19H25N3O4S/c1-15(2)26-18-12-8-9-16(13-18)20-19(23)14-22(27(24,25)21(3)4)17-10-6-5-7-11-17/h5-13,15H,14H2,1-4H3,(H,20,23). The summed E-state index contributed by atoms with van der Waals surface area (Å²) in [6.45, 7) is 3.48. The molecule has 0 saturated heterocycles. The van der Waals surface area contributed by atoms with Crippen LogP contribution in [0, 0.1) is 0 Å². The lowest BCUT2D eigenvalue weighted by Crippen LogP contribution is -2.44. The normalized spacial score (nSPS) is 11.5. The van der Waals surface area contributed by atoms with E-state index in [-0.39, 0.29) is 12.6 Å². The highest BCUT2D eigenvalue weighted by Gasteiger charge is 2.27. The van der Waals surface area contributed by atoms with Crippen LogP contribution in [-0.4, -0.2) is 45.4 Å². The lowest BCUT2D eigenvalue weighted by molar-refractivity contribution is -0.114. The minimum atomic E-state index is -3.82. The SMILES string of the molecule is CC(C)Oc1cccc(NC(=O)CN(c2ccccc2)S(=O)(=O)N(C)C)c1. The molecule has 0 unspecified atom stereocenters. The van der Waals surface area contributed by atoms with Gasteiger partial charge in [-0.2, -0.15) is 12.7 Å². The lowest BCUT2D eigenvalue weighted by Gasteiger charge is -2.26. The molecular formula is C19H25N3O4S. The zero-order valence-electron chi connectivity index (χ0n) is 15.9. The highest BCUT2D eigenvalue weighted by atomic mass is 32.2. The van der Waals surface area contributed by atoms with Crippen LogP contribution in [0.15, 0.2) is 54.6 Å². The van der Waals surface area contributed by atoms with Gasteiger partial charge in [-0.05, 0) is 38.1 Å². The fraction of sp³-hybridized carbons (Fsp3) is 0.316. The number of hydrogen-bond acceptors (Lipinski definition) is 4. The Morgan fingerprint density at radius 2 is 1.74 bits per heavy atom. The van der Waals surface area contributed by atoms with Crippen LogP contribution in [0.4, 0.5) is 11.4 Å². The number of amides is 1. The molecular weight excluding hydrogens is 366 g/mol. The van der Waals surface area contributed by atoms with Crippen LogP contribution >= 0.6 is 0 Å². The van der Waals surface area contributed by atoms with Crippen LogP contribution in [0.1, 0.15) is 13.8 Å². The summed E-state index contributed by atoms with van der Waals surface area (Å²) in [6, 6.07) is 15.5. The molecule has 7 nitrogen and oxygen atoms in total. The molecule has 2 aromatic carbocycles. The van der Waals surface area contributed by atoms with E-state index in [0.717, 1.165) is 8.61 Å². The Kier molecular flexibility index (Phi) is 6.81. The molecule has 1 amide bonds. The zero-order chi connectivity index (χ0) is 20.0. The van der Waals surface area contributed by atoms with E-state index in [1.54, 1.807) is 54.6 Å². The van der Waals surface area contributed by atoms with Crippen molar-refractivity contribution in [1.82, 2.24) is 4.31 Å². The maximum absolute atomic E-state index is 12.6. The Morgan fingerprint density at radius 3 is 2.33 bits per heavy atom. The molecule has 0 radical (unpaired) electrons. The van der Waals surface area contributed by atoms with Gasteiger partial charge in [0, 0.05) is 25.8 Å². The van der Waals surface area contributed by atoms with Crippen LogP contribution in [0.5, 0.6) is 5.75 Å². The van der Waals surface area contributed by atoms with Gasteiger partial charge in [-0.1, -0.05) is 24.3 Å². The van der Waals surface area contributed by atoms with Crippen molar-refractivity contribution in [1.29, 1.82) is 0 Å². The number of nitrogens with one attached hydrogen (secondary N) is 1. The van der Waals surface area contributed by atoms with Gasteiger partial charge in [0.15, 0.2) is 0 Å². The highest BCUT2D eigenvalue weighted by molar-refractivity contribution is 7.90. The number of carbonyl (C=O) groups is 1. The second-order valence-corrected chi connectivity index (χ2v) is 8.44. The van der Waals surface area contributed by atoms with Gasteiger partial charge in [-0.15, -0.1) is 0 Å². The Morgan fingerprint density at radius 1 is 1.07 bits per heavy atom. The van der Waals surface area contributed by atoms with E-state index in [1.165, 1.54) is 14.1 Å². The molecule has 0 aromatic heterocycles. The van der Waals surface area contributed by atoms with E-state index in [9.17, 15) is 13.2 Å². The molecule has 0 fully saturated rings. The van der Waals surface area contributed by atoms with Crippen molar-refractivity contribution in [2.24, 2.45) is 0 Å². The molecule has 0 spiro atoms. The van der Waals surface area contributed by atoms with Crippen molar-refractivity contribution >= 4 is 27.5 Å². The zero-order valence-corrected chi connectivity index (χ0v) is 16.7. The molecule has 0 saturated carbocycles. The van der Waals surface area contributed by atoms with E-state index >= 15 is 0 Å². The van der Waals surface area contributed by atoms with Crippen LogP contribution in [0.2, 0.25) is 0 Å². The van der Waals surface area contributed by atoms with Crippen LogP contribution in [0.3, 0.4) is 0 Å². The Labute approximate surface area is 160 Å². The first-order valence-electron chi connectivity index (χ1n) is 8.52. The summed E-state index contributed by atoms with van der Waals surface area (Å²) >= 11 is 0. The molecule has 0 atom stereocenters. The lowest BCUT2D eigenvalue weighted by atomic mass is 10.3. The van der Waals surface area contributed by atoms with Crippen molar-refractivity contribution in [3.05, 3.63) is 54.6 Å². The molecule has 146 valence electrons. The van der Waals surface area contributed by atoms with Gasteiger partial charge in [0.1, 0.15) is 12.3 Å². The average molecular weight is 391 g/mol. The molecule has 0 aliphatic carbocycles. The van der Waals surface area contributed by atoms with Crippen molar-refractivity contribution in [2.75, 3.05) is 30.3 Å². The molecule has 0 aliphatic heterocycles. The molecule has 0 heterocycles. The third kappa shape index (κ3) is 5.70. The van der Waals surface area contributed by atoms with E-state index in [0.29, 0.717) is 17.1 Å². The summed E-state index contributed by atoms with van der Waals surface area (Å²) in [6.07, 6.45) is 0.00904. The Bertz CT molecular complexity index is 868. The average Bonchev–Trinajstić information content (AvgIpc) is 2.60. The summed E-state index contributed by atoms with van der Waals surface area (Å²) in [5, 5.41) is 2.72. The fourth-order valence-corrected chi connectivity index (χ4v) is 3.41. The van der Waals surface area contributed by atoms with Gasteiger partial charge in [-0.3, -0.25) is 4.79 Å². The smallest absolute Gasteiger partial charge is 0.304 e. The minimum Gasteiger partial charge on any atom is -0.491 e. The molecule has 2 rings (SSSR count). The predicted molar refractivity (Wildman–Crippen MR) is 107 cm³/mol. The van der Waals surface area contributed by atoms with Gasteiger partial charge >= 0.3 is 10.2 Å². The summed E-state index contributed by atoms with van der Waals surface area (Å²) in [5.74, 6) is 0.176. The van der Waals surface area contributed by atoms with E-state index in [1.807, 2.05) is 13.8 Å². The van der Waals surface area contributed by atoms with Crippen molar-refractivity contribution < 1.29 is 17.9 Å². The maximum Gasteiger partial charge on any atom is 0.304 e. The second kappa shape index (κ2) is 8.88. The number of para-hydroxylation sites is 1. The van der Waals surface area contributed by atoms with Gasteiger partial charge in [-0.25, -0.2) is 4.31 Å². The van der Waals surface area contributed by atoms with Gasteiger partial charge in [0.05, 0.1) is 11.8 Å². The maximum atomic E-state index is 12.6. The number of benzene rings is 2. The topological polar surface area (TPSA) is 79.0 Å². The highest BCUT2D eigenvalue weighted by Crippen LogP contribution is 2.21. The van der Waals surface area contributed by atoms with Crippen LogP contribution in [-0.2, 0) is 15.0 Å². The first-order chi connectivity index (χ1) is 12.7. The molecule has 2 aromatic rings. The van der Waals surface area contributed by atoms with Crippen molar-refractivity contribution in [2.45, 2.75) is 20.0 Å². The number of hydrogen-bond donors (Lipinski definition) is 1. The number of rotatable bonds is 8. The third-order valence-corrected chi connectivity index (χ3v) is 5.38. The van der Waals surface area contributed by atoms with E-state index < -0.39 is 16.1 Å². The third-order valence-electron chi connectivity index (χ3n) is 3.56. The van der Waals surface area contributed by atoms with Gasteiger partial charge in [0.25, 0.3) is 0 Å². The monoisotopic (exact) mass is 391 g/mol. The second-order valence-electron chi connectivity index (χ2n) is 6.37. The Balaban J connectivity index is 2.20. The number of carbonyl (C=O) groups excluding carboxylic acids is 1. The summed E-state index contributed by atoms with van der Waals surface area (Å²) in [5.41, 5.74) is 0.951. The molecule has 0 aliphatic rings. The summed E-state index contributed by atoms with van der Waals surface area (Å²) in [4.78, 5) is 12.5. The minimum absolute atomic E-state index is 0.00904. The quantitative estimate of drug-likeness (QED) is 0.750. The number of nitrogens with zero attached hydrogens (tertiary/aromatic N) is 2. The largest absolute Gasteiger partial charge is 0.491 e.